The number of imide groups is 1. The summed E-state index contributed by atoms with van der Waals surface area (Å²) in [5, 5.41) is 4.15. The monoisotopic (exact) mass is 408 g/mol. The number of anilines is 1. The van der Waals surface area contributed by atoms with Crippen molar-refractivity contribution in [3.05, 3.63) is 29.3 Å². The number of thiocarbonyl (C=S) groups is 1. The van der Waals surface area contributed by atoms with Crippen LogP contribution in [0, 0.1) is 0 Å². The summed E-state index contributed by atoms with van der Waals surface area (Å²) in [5.41, 5.74) is 0.951. The van der Waals surface area contributed by atoms with Crippen molar-refractivity contribution in [2.75, 3.05) is 25.2 Å². The number of amides is 3. The van der Waals surface area contributed by atoms with Gasteiger partial charge in [-0.15, -0.1) is 0 Å². The number of fused-ring (bicyclic) bond motifs is 1. The molecule has 0 saturated heterocycles. The van der Waals surface area contributed by atoms with Gasteiger partial charge in [0.15, 0.2) is 0 Å². The van der Waals surface area contributed by atoms with Crippen molar-refractivity contribution in [3.8, 4) is 0 Å². The van der Waals surface area contributed by atoms with Gasteiger partial charge in [0.2, 0.25) is 5.71 Å². The van der Waals surface area contributed by atoms with Gasteiger partial charge in [0, 0.05) is 12.2 Å². The summed E-state index contributed by atoms with van der Waals surface area (Å²) in [6.45, 7) is 0. The molecule has 26 heavy (non-hydrogen) atoms. The fraction of sp³-hybridized carbons (Fsp3) is 0.250. The van der Waals surface area contributed by atoms with E-state index in [1.807, 2.05) is 18.2 Å². The van der Waals surface area contributed by atoms with Gasteiger partial charge in [0.1, 0.15) is 0 Å². The Morgan fingerprint density at radius 1 is 1.35 bits per heavy atom. The predicted octanol–water partition coefficient (Wildman–Crippen LogP) is 2.65. The van der Waals surface area contributed by atoms with Gasteiger partial charge in [-0.3, -0.25) is 0 Å². The molecule has 0 bridgehead atoms. The molecule has 7 nitrogen and oxygen atoms in total. The third kappa shape index (κ3) is 3.69. The molecule has 0 unspecified atom stereocenters. The number of para-hydroxylation sites is 1. The van der Waals surface area contributed by atoms with Crippen molar-refractivity contribution >= 4 is 74.9 Å². The topological polar surface area (TPSA) is 77.1 Å². The van der Waals surface area contributed by atoms with Gasteiger partial charge >= 0.3 is 17.8 Å². The number of amidine groups is 2. The molecule has 10 heteroatoms. The third-order valence-electron chi connectivity index (χ3n) is 3.73. The molecule has 2 aliphatic heterocycles. The minimum Gasteiger partial charge on any atom is -0.349 e. The molecule has 3 rings (SSSR count). The number of thioether (sulfide) groups is 1. The Kier molecular flexibility index (Phi) is 5.49. The van der Waals surface area contributed by atoms with Crippen LogP contribution in [-0.2, 0) is 4.79 Å². The molecular formula is C16H15ClN5O2S2+. The number of nitrogens with one attached hydrogen (secondary N) is 1. The highest BCUT2D eigenvalue weighted by Crippen LogP contribution is 2.22. The fourth-order valence-electron chi connectivity index (χ4n) is 2.33. The number of nitrogens with zero attached hydrogens (tertiary/aromatic N) is 4. The van der Waals surface area contributed by atoms with Crippen molar-refractivity contribution in [1.82, 2.24) is 4.90 Å². The molecule has 2 heterocycles. The maximum absolute atomic E-state index is 12.1. The Morgan fingerprint density at radius 3 is 2.81 bits per heavy atom. The van der Waals surface area contributed by atoms with Gasteiger partial charge < -0.3 is 5.32 Å². The number of rotatable bonds is 4. The number of carbonyl (C=O) groups excluding carboxylic acids is 2. The summed E-state index contributed by atoms with van der Waals surface area (Å²) in [6, 6.07) is 6.94. The molecule has 0 atom stereocenters. The summed E-state index contributed by atoms with van der Waals surface area (Å²) in [5.74, 6) is 0.469. The second-order valence-electron chi connectivity index (χ2n) is 5.51. The van der Waals surface area contributed by atoms with Crippen LogP contribution in [0.1, 0.15) is 6.42 Å². The maximum Gasteiger partial charge on any atom is 0.446 e. The number of hydrogen-bond donors (Lipinski definition) is 1. The quantitative estimate of drug-likeness (QED) is 0.612. The second kappa shape index (κ2) is 7.65. The van der Waals surface area contributed by atoms with Crippen LogP contribution in [-0.4, -0.2) is 63.0 Å². The highest BCUT2D eigenvalue weighted by atomic mass is 35.5. The van der Waals surface area contributed by atoms with Gasteiger partial charge in [-0.25, -0.2) is 9.59 Å². The van der Waals surface area contributed by atoms with Crippen LogP contribution in [0.5, 0.6) is 0 Å². The van der Waals surface area contributed by atoms with Crippen LogP contribution in [0.4, 0.5) is 10.5 Å². The summed E-state index contributed by atoms with van der Waals surface area (Å²) in [7, 11) is 2.99. The Hall–Kier alpha value is -2.10. The molecule has 3 amide bonds. The summed E-state index contributed by atoms with van der Waals surface area (Å²) >= 11 is 12.8. The lowest BCUT2D eigenvalue weighted by atomic mass is 10.2. The first-order chi connectivity index (χ1) is 12.4. The zero-order valence-electron chi connectivity index (χ0n) is 14.0. The summed E-state index contributed by atoms with van der Waals surface area (Å²) < 4.78 is 1.32. The second-order valence-corrected chi connectivity index (χ2v) is 7.47. The minimum atomic E-state index is -0.446. The van der Waals surface area contributed by atoms with E-state index in [0.29, 0.717) is 27.4 Å². The van der Waals surface area contributed by atoms with Gasteiger partial charge in [-0.2, -0.15) is 14.5 Å². The van der Waals surface area contributed by atoms with Crippen molar-refractivity contribution in [2.45, 2.75) is 6.42 Å². The molecule has 0 aromatic heterocycles. The molecule has 1 aromatic carbocycles. The molecule has 2 aliphatic rings. The van der Waals surface area contributed by atoms with Crippen LogP contribution in [0.3, 0.4) is 0 Å². The Labute approximate surface area is 164 Å². The first kappa shape index (κ1) is 18.7. The van der Waals surface area contributed by atoms with E-state index in [1.165, 1.54) is 23.4 Å². The zero-order chi connectivity index (χ0) is 18.8. The smallest absolute Gasteiger partial charge is 0.349 e. The van der Waals surface area contributed by atoms with Crippen LogP contribution in [0.25, 0.3) is 0 Å². The van der Waals surface area contributed by atoms with E-state index in [1.54, 1.807) is 13.1 Å². The Bertz CT molecular complexity index is 910. The normalized spacial score (nSPS) is 16.5. The van der Waals surface area contributed by atoms with Crippen LogP contribution in [0.2, 0.25) is 5.02 Å². The first-order valence-electron chi connectivity index (χ1n) is 7.66. The maximum atomic E-state index is 12.1. The average Bonchev–Trinajstić information content (AvgIpc) is 3.04. The van der Waals surface area contributed by atoms with E-state index in [0.717, 1.165) is 10.6 Å². The lowest BCUT2D eigenvalue weighted by molar-refractivity contribution is -0.401. The summed E-state index contributed by atoms with van der Waals surface area (Å²) in [6.07, 6.45) is 0.590. The number of halogens is 1. The molecule has 0 saturated carbocycles. The molecule has 134 valence electrons. The van der Waals surface area contributed by atoms with Gasteiger partial charge in [0.05, 0.1) is 29.8 Å². The van der Waals surface area contributed by atoms with E-state index < -0.39 is 11.9 Å². The Balaban J connectivity index is 1.59. The molecular weight excluding hydrogens is 394 g/mol. The van der Waals surface area contributed by atoms with Crippen molar-refractivity contribution in [3.63, 3.8) is 0 Å². The molecule has 0 aliphatic carbocycles. The van der Waals surface area contributed by atoms with E-state index in [2.05, 4.69) is 15.3 Å². The minimum absolute atomic E-state index is 0.189. The number of carbonyl (C=O) groups is 2. The third-order valence-corrected chi connectivity index (χ3v) is 5.21. The van der Waals surface area contributed by atoms with Crippen molar-refractivity contribution < 1.29 is 14.2 Å². The lowest BCUT2D eigenvalue weighted by Crippen LogP contribution is -2.51. The predicted molar refractivity (Wildman–Crippen MR) is 109 cm³/mol. The molecule has 1 N–H and O–H groups in total. The fourth-order valence-corrected chi connectivity index (χ4v) is 3.65. The number of hydrogen-bond acceptors (Lipinski definition) is 6. The molecule has 0 radical (unpaired) electrons. The van der Waals surface area contributed by atoms with Gasteiger partial charge in [-0.05, 0) is 12.1 Å². The van der Waals surface area contributed by atoms with Crippen LogP contribution < -0.4 is 5.32 Å². The standard InChI is InChI=1S/C16H14ClN5O2S2/c1-21-13-12(14(23)22(2)16(21)24)19-15(20-13)26-8-7-11(25)18-10-6-4-3-5-9(10)17/h3-6H,7-8H2,1-2H3/p+1. The molecule has 1 aromatic rings. The van der Waals surface area contributed by atoms with Gasteiger partial charge in [-0.1, -0.05) is 52.7 Å². The van der Waals surface area contributed by atoms with E-state index in [9.17, 15) is 9.59 Å². The largest absolute Gasteiger partial charge is 0.446 e. The first-order valence-corrected chi connectivity index (χ1v) is 9.43. The van der Waals surface area contributed by atoms with Crippen LogP contribution in [0.15, 0.2) is 34.3 Å². The Morgan fingerprint density at radius 2 is 2.08 bits per heavy atom. The van der Waals surface area contributed by atoms with E-state index in [-0.39, 0.29) is 11.5 Å². The van der Waals surface area contributed by atoms with Gasteiger partial charge in [0.25, 0.3) is 5.17 Å². The van der Waals surface area contributed by atoms with E-state index >= 15 is 0 Å². The zero-order valence-corrected chi connectivity index (χ0v) is 16.4. The van der Waals surface area contributed by atoms with Crippen molar-refractivity contribution in [2.24, 2.45) is 9.98 Å². The average molecular weight is 409 g/mol. The van der Waals surface area contributed by atoms with Crippen LogP contribution >= 0.6 is 35.6 Å². The lowest BCUT2D eigenvalue weighted by Gasteiger charge is -2.15. The van der Waals surface area contributed by atoms with E-state index in [4.69, 9.17) is 23.8 Å². The molecule has 0 spiro atoms. The van der Waals surface area contributed by atoms with Crippen molar-refractivity contribution in [1.29, 1.82) is 0 Å². The number of urea groups is 1. The highest BCUT2D eigenvalue weighted by molar-refractivity contribution is 8.14. The summed E-state index contributed by atoms with van der Waals surface area (Å²) in [4.78, 5) is 34.3. The highest BCUT2D eigenvalue weighted by Gasteiger charge is 2.44. The SMILES string of the molecule is CN1C(=O)C2=NC(SCCC(=S)Nc3ccccc3Cl)=NC2=[N+](C)C1=O. The molecule has 0 fully saturated rings. The number of benzene rings is 1. The number of aliphatic imine (C=N–C) groups is 2.